The Balaban J connectivity index is 1.64. The summed E-state index contributed by atoms with van der Waals surface area (Å²) in [4.78, 5) is 6.21. The van der Waals surface area contributed by atoms with E-state index in [1.807, 2.05) is 48.3 Å². The summed E-state index contributed by atoms with van der Waals surface area (Å²) in [6.07, 6.45) is 7.81. The maximum absolute atomic E-state index is 9.17. The van der Waals surface area contributed by atoms with Crippen LogP contribution in [0.2, 0.25) is 0 Å². The van der Waals surface area contributed by atoms with E-state index in [2.05, 4.69) is 21.4 Å². The van der Waals surface area contributed by atoms with E-state index in [0.717, 1.165) is 36.2 Å². The first-order valence-electron chi connectivity index (χ1n) is 7.86. The summed E-state index contributed by atoms with van der Waals surface area (Å²) in [5.41, 5.74) is 2.86. The number of aryl methyl sites for hydroxylation is 1. The van der Waals surface area contributed by atoms with Crippen LogP contribution in [0.4, 0.5) is 0 Å². The third-order valence-corrected chi connectivity index (χ3v) is 4.19. The van der Waals surface area contributed by atoms with Crippen molar-refractivity contribution in [2.75, 3.05) is 6.54 Å². The fourth-order valence-electron chi connectivity index (χ4n) is 2.98. The summed E-state index contributed by atoms with van der Waals surface area (Å²) in [7, 11) is 0. The maximum atomic E-state index is 9.17. The number of nitriles is 1. The van der Waals surface area contributed by atoms with Crippen LogP contribution in [0, 0.1) is 18.4 Å². The highest BCUT2D eigenvalue weighted by atomic mass is 16.5. The Hall–Kier alpha value is -3.14. The minimum atomic E-state index is -0.0792. The fourth-order valence-corrected chi connectivity index (χ4v) is 2.98. The molecule has 4 rings (SSSR count). The SMILES string of the molecule is Cc1cnn(-c2cccc(-c3nc([C@@H]4CCCN4C#N)no3)c2)c1. The minimum Gasteiger partial charge on any atom is -0.334 e. The van der Waals surface area contributed by atoms with E-state index in [4.69, 9.17) is 9.78 Å². The van der Waals surface area contributed by atoms with Crippen molar-refractivity contribution in [2.24, 2.45) is 0 Å². The molecular formula is C17H16N6O. The second-order valence-corrected chi connectivity index (χ2v) is 5.92. The highest BCUT2D eigenvalue weighted by molar-refractivity contribution is 5.57. The molecule has 2 aromatic heterocycles. The molecule has 0 bridgehead atoms. The van der Waals surface area contributed by atoms with Crippen LogP contribution in [0.15, 0.2) is 41.2 Å². The predicted octanol–water partition coefficient (Wildman–Crippen LogP) is 2.85. The van der Waals surface area contributed by atoms with Crippen LogP contribution in [0.25, 0.3) is 17.1 Å². The van der Waals surface area contributed by atoms with Crippen molar-refractivity contribution in [3.05, 3.63) is 48.0 Å². The third-order valence-electron chi connectivity index (χ3n) is 4.19. The average Bonchev–Trinajstić information content (AvgIpc) is 3.34. The van der Waals surface area contributed by atoms with Gasteiger partial charge in [-0.05, 0) is 43.5 Å². The van der Waals surface area contributed by atoms with Gasteiger partial charge < -0.3 is 4.52 Å². The molecule has 0 spiro atoms. The third kappa shape index (κ3) is 2.52. The molecule has 1 saturated heterocycles. The van der Waals surface area contributed by atoms with Crippen molar-refractivity contribution in [3.63, 3.8) is 0 Å². The van der Waals surface area contributed by atoms with Gasteiger partial charge in [-0.25, -0.2) is 4.68 Å². The van der Waals surface area contributed by atoms with Crippen LogP contribution < -0.4 is 0 Å². The monoisotopic (exact) mass is 320 g/mol. The molecule has 0 amide bonds. The van der Waals surface area contributed by atoms with Crippen molar-refractivity contribution in [2.45, 2.75) is 25.8 Å². The standard InChI is InChI=1S/C17H16N6O/c1-12-9-19-23(10-12)14-5-2-4-13(8-14)17-20-16(21-24-17)15-6-3-7-22(15)11-18/h2,4-5,8-10,15H,3,6-7H2,1H3/t15-/m0/s1. The molecule has 1 aromatic carbocycles. The van der Waals surface area contributed by atoms with Gasteiger partial charge in [-0.2, -0.15) is 15.3 Å². The lowest BCUT2D eigenvalue weighted by Gasteiger charge is -2.13. The van der Waals surface area contributed by atoms with Crippen molar-refractivity contribution in [1.29, 1.82) is 5.26 Å². The van der Waals surface area contributed by atoms with E-state index in [1.54, 1.807) is 4.90 Å². The number of hydrogen-bond donors (Lipinski definition) is 0. The minimum absolute atomic E-state index is 0.0792. The van der Waals surface area contributed by atoms with Crippen LogP contribution in [0.3, 0.4) is 0 Å². The smallest absolute Gasteiger partial charge is 0.258 e. The van der Waals surface area contributed by atoms with Gasteiger partial charge in [-0.1, -0.05) is 11.2 Å². The fraction of sp³-hybridized carbons (Fsp3) is 0.294. The number of rotatable bonds is 3. The van der Waals surface area contributed by atoms with Gasteiger partial charge in [0.2, 0.25) is 0 Å². The summed E-state index contributed by atoms with van der Waals surface area (Å²) in [5.74, 6) is 1.03. The molecule has 0 unspecified atom stereocenters. The van der Waals surface area contributed by atoms with Crippen molar-refractivity contribution < 1.29 is 4.52 Å². The van der Waals surface area contributed by atoms with Gasteiger partial charge in [0.25, 0.3) is 5.89 Å². The molecule has 7 heteroatoms. The number of benzene rings is 1. The molecular weight excluding hydrogens is 304 g/mol. The number of hydrogen-bond acceptors (Lipinski definition) is 6. The lowest BCUT2D eigenvalue weighted by Crippen LogP contribution is -2.17. The summed E-state index contributed by atoms with van der Waals surface area (Å²) in [5, 5.41) is 17.6. The van der Waals surface area contributed by atoms with Gasteiger partial charge in [0.1, 0.15) is 6.04 Å². The second kappa shape index (κ2) is 5.81. The molecule has 0 aliphatic carbocycles. The summed E-state index contributed by atoms with van der Waals surface area (Å²) in [6, 6.07) is 7.71. The van der Waals surface area contributed by atoms with Gasteiger partial charge >= 0.3 is 0 Å². The van der Waals surface area contributed by atoms with E-state index >= 15 is 0 Å². The number of nitrogens with zero attached hydrogens (tertiary/aromatic N) is 6. The predicted molar refractivity (Wildman–Crippen MR) is 85.9 cm³/mol. The zero-order valence-corrected chi connectivity index (χ0v) is 13.3. The van der Waals surface area contributed by atoms with Crippen molar-refractivity contribution >= 4 is 0 Å². The Morgan fingerprint density at radius 3 is 3.08 bits per heavy atom. The van der Waals surface area contributed by atoms with Gasteiger partial charge in [0, 0.05) is 18.3 Å². The molecule has 1 fully saturated rings. The van der Waals surface area contributed by atoms with E-state index in [-0.39, 0.29) is 6.04 Å². The van der Waals surface area contributed by atoms with Crippen LogP contribution in [-0.2, 0) is 0 Å². The first-order chi connectivity index (χ1) is 11.7. The molecule has 1 aliphatic rings. The van der Waals surface area contributed by atoms with E-state index in [1.165, 1.54) is 0 Å². The molecule has 0 N–H and O–H groups in total. The summed E-state index contributed by atoms with van der Waals surface area (Å²) < 4.78 is 7.24. The molecule has 3 aromatic rings. The number of likely N-dealkylation sites (tertiary alicyclic amines) is 1. The lowest BCUT2D eigenvalue weighted by atomic mass is 10.2. The molecule has 1 aliphatic heterocycles. The zero-order chi connectivity index (χ0) is 16.5. The highest BCUT2D eigenvalue weighted by Crippen LogP contribution is 2.30. The molecule has 1 atom stereocenters. The summed E-state index contributed by atoms with van der Waals surface area (Å²) in [6.45, 7) is 2.75. The second-order valence-electron chi connectivity index (χ2n) is 5.92. The van der Waals surface area contributed by atoms with E-state index < -0.39 is 0 Å². The van der Waals surface area contributed by atoms with Crippen molar-refractivity contribution in [1.82, 2.24) is 24.8 Å². The first kappa shape index (κ1) is 14.5. The number of aromatic nitrogens is 4. The Morgan fingerprint density at radius 2 is 2.29 bits per heavy atom. The largest absolute Gasteiger partial charge is 0.334 e. The van der Waals surface area contributed by atoms with Gasteiger partial charge in [0.05, 0.1) is 11.9 Å². The van der Waals surface area contributed by atoms with Crippen LogP contribution in [0.1, 0.15) is 30.3 Å². The molecule has 0 saturated carbocycles. The van der Waals surface area contributed by atoms with Gasteiger partial charge in [-0.15, -0.1) is 0 Å². The average molecular weight is 320 g/mol. The lowest BCUT2D eigenvalue weighted by molar-refractivity contribution is 0.339. The molecule has 120 valence electrons. The normalized spacial score (nSPS) is 17.2. The van der Waals surface area contributed by atoms with Crippen LogP contribution in [-0.4, -0.2) is 31.4 Å². The first-order valence-corrected chi connectivity index (χ1v) is 7.86. The van der Waals surface area contributed by atoms with Crippen molar-refractivity contribution in [3.8, 4) is 23.3 Å². The zero-order valence-electron chi connectivity index (χ0n) is 13.3. The Bertz CT molecular complexity index is 906. The molecule has 0 radical (unpaired) electrons. The van der Waals surface area contributed by atoms with E-state index in [9.17, 15) is 0 Å². The maximum Gasteiger partial charge on any atom is 0.258 e. The van der Waals surface area contributed by atoms with Gasteiger partial charge in [-0.3, -0.25) is 4.90 Å². The topological polar surface area (TPSA) is 83.8 Å². The molecule has 24 heavy (non-hydrogen) atoms. The Morgan fingerprint density at radius 1 is 1.38 bits per heavy atom. The summed E-state index contributed by atoms with van der Waals surface area (Å²) >= 11 is 0. The van der Waals surface area contributed by atoms with Crippen LogP contribution in [0.5, 0.6) is 0 Å². The van der Waals surface area contributed by atoms with Gasteiger partial charge in [0.15, 0.2) is 12.0 Å². The Kier molecular flexibility index (Phi) is 3.50. The van der Waals surface area contributed by atoms with Crippen LogP contribution >= 0.6 is 0 Å². The Labute approximate surface area is 139 Å². The quantitative estimate of drug-likeness (QED) is 0.690. The molecule has 3 heterocycles. The van der Waals surface area contributed by atoms with E-state index in [0.29, 0.717) is 11.7 Å². The highest BCUT2D eigenvalue weighted by Gasteiger charge is 2.29. The molecule has 7 nitrogen and oxygen atoms in total.